The van der Waals surface area contributed by atoms with Crippen LogP contribution in [0, 0.1) is 5.92 Å². The van der Waals surface area contributed by atoms with Gasteiger partial charge in [-0.1, -0.05) is 35.3 Å². The molecule has 1 aliphatic rings. The van der Waals surface area contributed by atoms with E-state index in [0.717, 1.165) is 28.7 Å². The van der Waals surface area contributed by atoms with E-state index in [-0.39, 0.29) is 31.2 Å². The molecule has 198 valence electrons. The van der Waals surface area contributed by atoms with E-state index in [9.17, 15) is 32.3 Å². The number of rotatable bonds is 9. The van der Waals surface area contributed by atoms with Gasteiger partial charge in [0.1, 0.15) is 5.92 Å². The molecule has 3 amide bonds. The van der Waals surface area contributed by atoms with Crippen LogP contribution in [0.5, 0.6) is 0 Å². The summed E-state index contributed by atoms with van der Waals surface area (Å²) in [5, 5.41) is 6.04. The van der Waals surface area contributed by atoms with Crippen molar-refractivity contribution in [3.63, 3.8) is 0 Å². The molecule has 0 saturated carbocycles. The molecule has 0 radical (unpaired) electrons. The van der Waals surface area contributed by atoms with Crippen molar-refractivity contribution in [2.45, 2.75) is 32.0 Å². The van der Waals surface area contributed by atoms with Gasteiger partial charge >= 0.3 is 6.18 Å². The number of hydrogen-bond acceptors (Lipinski definition) is 4. The highest BCUT2D eigenvalue weighted by Crippen LogP contribution is 2.29. The Hall–Kier alpha value is -3.11. The van der Waals surface area contributed by atoms with Gasteiger partial charge in [-0.25, -0.2) is 0 Å². The zero-order valence-electron chi connectivity index (χ0n) is 19.7. The summed E-state index contributed by atoms with van der Waals surface area (Å²) < 4.78 is 38.5. The van der Waals surface area contributed by atoms with Gasteiger partial charge in [-0.05, 0) is 55.7 Å². The fourth-order valence-electron chi connectivity index (χ4n) is 3.82. The van der Waals surface area contributed by atoms with Gasteiger partial charge in [-0.3, -0.25) is 19.2 Å². The summed E-state index contributed by atoms with van der Waals surface area (Å²) in [5.41, 5.74) is -0.216. The third kappa shape index (κ3) is 7.45. The van der Waals surface area contributed by atoms with Gasteiger partial charge in [0, 0.05) is 31.2 Å². The van der Waals surface area contributed by atoms with Crippen LogP contribution in [0.15, 0.2) is 42.5 Å². The van der Waals surface area contributed by atoms with Crippen LogP contribution in [-0.4, -0.2) is 54.1 Å². The number of carbonyl (C=O) groups is 4. The molecule has 0 bridgehead atoms. The predicted octanol–water partition coefficient (Wildman–Crippen LogP) is 3.91. The van der Waals surface area contributed by atoms with E-state index in [1.807, 2.05) is 6.07 Å². The number of halogens is 5. The largest absolute Gasteiger partial charge is 0.416 e. The number of aryl methyl sites for hydroxylation is 1. The van der Waals surface area contributed by atoms with Crippen molar-refractivity contribution in [1.29, 1.82) is 0 Å². The first-order valence-electron chi connectivity index (χ1n) is 11.4. The molecule has 2 N–H and O–H groups in total. The van der Waals surface area contributed by atoms with Crippen LogP contribution in [0.25, 0.3) is 0 Å². The van der Waals surface area contributed by atoms with Crippen molar-refractivity contribution >= 4 is 46.7 Å². The van der Waals surface area contributed by atoms with Gasteiger partial charge in [0.15, 0.2) is 0 Å². The second kappa shape index (κ2) is 12.0. The quantitative estimate of drug-likeness (QED) is 0.361. The average Bonchev–Trinajstić information content (AvgIpc) is 3.13. The van der Waals surface area contributed by atoms with E-state index in [0.29, 0.717) is 22.9 Å². The fraction of sp³-hybridized carbons (Fsp3) is 0.360. The minimum atomic E-state index is -4.59. The van der Waals surface area contributed by atoms with Crippen molar-refractivity contribution in [3.8, 4) is 0 Å². The lowest BCUT2D eigenvalue weighted by atomic mass is 10.0. The van der Waals surface area contributed by atoms with Crippen LogP contribution in [0.4, 0.5) is 13.2 Å². The molecule has 12 heteroatoms. The number of Topliss-reactive ketones (excluding diaryl/α,β-unsaturated/α-hetero) is 1. The molecule has 1 fully saturated rings. The van der Waals surface area contributed by atoms with Gasteiger partial charge in [-0.15, -0.1) is 0 Å². The number of carbonyl (C=O) groups excluding carboxylic acids is 4. The lowest BCUT2D eigenvalue weighted by Gasteiger charge is -2.18. The smallest absolute Gasteiger partial charge is 0.353 e. The molecule has 2 aromatic carbocycles. The summed E-state index contributed by atoms with van der Waals surface area (Å²) in [7, 11) is 0. The first-order valence-corrected chi connectivity index (χ1v) is 12.1. The molecule has 1 saturated heterocycles. The molecule has 1 aliphatic heterocycles. The van der Waals surface area contributed by atoms with Gasteiger partial charge in [-0.2, -0.15) is 13.2 Å². The van der Waals surface area contributed by atoms with Gasteiger partial charge < -0.3 is 15.5 Å². The molecule has 1 heterocycles. The Kier molecular flexibility index (Phi) is 9.20. The van der Waals surface area contributed by atoms with Crippen LogP contribution < -0.4 is 10.6 Å². The highest BCUT2D eigenvalue weighted by Gasteiger charge is 2.43. The summed E-state index contributed by atoms with van der Waals surface area (Å²) in [6.07, 6.45) is -3.42. The molecule has 3 rings (SSSR count). The third-order valence-corrected chi connectivity index (χ3v) is 6.63. The minimum absolute atomic E-state index is 0.0774. The van der Waals surface area contributed by atoms with Crippen LogP contribution in [0.2, 0.25) is 10.0 Å². The minimum Gasteiger partial charge on any atom is -0.353 e. The Morgan fingerprint density at radius 1 is 1.11 bits per heavy atom. The number of nitrogens with one attached hydrogen (secondary N) is 2. The zero-order valence-corrected chi connectivity index (χ0v) is 21.2. The van der Waals surface area contributed by atoms with Crippen LogP contribution in [0.1, 0.15) is 34.8 Å². The maximum atomic E-state index is 12.8. The first-order chi connectivity index (χ1) is 17.4. The highest BCUT2D eigenvalue weighted by atomic mass is 35.5. The average molecular weight is 558 g/mol. The Morgan fingerprint density at radius 3 is 2.51 bits per heavy atom. The molecule has 0 spiro atoms. The topological polar surface area (TPSA) is 95.6 Å². The van der Waals surface area contributed by atoms with Crippen LogP contribution >= 0.6 is 23.2 Å². The lowest BCUT2D eigenvalue weighted by molar-refractivity contribution is -0.142. The first kappa shape index (κ1) is 28.5. The summed E-state index contributed by atoms with van der Waals surface area (Å²) >= 11 is 11.9. The van der Waals surface area contributed by atoms with Crippen molar-refractivity contribution in [2.24, 2.45) is 5.92 Å². The standard InChI is InChI=1S/C25H24Cl2F3N3O4/c1-14(5-6-15-7-8-19(26)20(27)11-15)32-23(36)18-13-33(24(37)21(18)34)10-9-31-22(35)16-3-2-4-17(12-16)25(28,29)30/h2-4,7-8,11-12,14,18H,5-6,9-10,13H2,1H3,(H,31,35)(H,32,36). The Morgan fingerprint density at radius 2 is 1.84 bits per heavy atom. The number of amides is 3. The monoisotopic (exact) mass is 557 g/mol. The molecule has 7 nitrogen and oxygen atoms in total. The Bertz CT molecular complexity index is 1210. The molecular weight excluding hydrogens is 534 g/mol. The van der Waals surface area contributed by atoms with Gasteiger partial charge in [0.05, 0.1) is 15.6 Å². The normalized spacial score (nSPS) is 16.6. The maximum absolute atomic E-state index is 12.8. The lowest BCUT2D eigenvalue weighted by Crippen LogP contribution is -2.41. The molecular formula is C25H24Cl2F3N3O4. The van der Waals surface area contributed by atoms with Gasteiger partial charge in [0.2, 0.25) is 11.7 Å². The van der Waals surface area contributed by atoms with Crippen molar-refractivity contribution < 1.29 is 32.3 Å². The second-order valence-electron chi connectivity index (χ2n) is 8.70. The van der Waals surface area contributed by atoms with Crippen molar-refractivity contribution in [3.05, 3.63) is 69.2 Å². The third-order valence-electron chi connectivity index (χ3n) is 5.89. The van der Waals surface area contributed by atoms with E-state index >= 15 is 0 Å². The fourth-order valence-corrected chi connectivity index (χ4v) is 4.14. The summed E-state index contributed by atoms with van der Waals surface area (Å²) in [6, 6.07) is 8.89. The number of ketones is 1. The van der Waals surface area contributed by atoms with Gasteiger partial charge in [0.25, 0.3) is 11.8 Å². The molecule has 0 aromatic heterocycles. The SMILES string of the molecule is CC(CCc1ccc(Cl)c(Cl)c1)NC(=O)C1CN(CCNC(=O)c2cccc(C(F)(F)F)c2)C(=O)C1=O. The van der Waals surface area contributed by atoms with Crippen LogP contribution in [0.3, 0.4) is 0 Å². The Labute approximate surface area is 221 Å². The molecule has 2 atom stereocenters. The van der Waals surface area contributed by atoms with E-state index in [1.54, 1.807) is 19.1 Å². The van der Waals surface area contributed by atoms with Crippen molar-refractivity contribution in [2.75, 3.05) is 19.6 Å². The number of nitrogens with zero attached hydrogens (tertiary/aromatic N) is 1. The van der Waals surface area contributed by atoms with E-state index in [1.165, 1.54) is 6.07 Å². The molecule has 0 aliphatic carbocycles. The van der Waals surface area contributed by atoms with E-state index in [4.69, 9.17) is 23.2 Å². The van der Waals surface area contributed by atoms with Crippen molar-refractivity contribution in [1.82, 2.24) is 15.5 Å². The highest BCUT2D eigenvalue weighted by molar-refractivity contribution is 6.42. The Balaban J connectivity index is 1.47. The molecule has 37 heavy (non-hydrogen) atoms. The van der Waals surface area contributed by atoms with Crippen LogP contribution in [-0.2, 0) is 27.0 Å². The summed E-state index contributed by atoms with van der Waals surface area (Å²) in [5.74, 6) is -4.21. The zero-order chi connectivity index (χ0) is 27.3. The number of likely N-dealkylation sites (tertiary alicyclic amines) is 1. The second-order valence-corrected chi connectivity index (χ2v) is 9.51. The molecule has 2 aromatic rings. The summed E-state index contributed by atoms with van der Waals surface area (Å²) in [4.78, 5) is 50.7. The predicted molar refractivity (Wildman–Crippen MR) is 131 cm³/mol. The van der Waals surface area contributed by atoms with E-state index in [2.05, 4.69) is 10.6 Å². The molecule has 2 unspecified atom stereocenters. The number of alkyl halides is 3. The van der Waals surface area contributed by atoms with E-state index < -0.39 is 41.2 Å². The number of benzene rings is 2. The number of hydrogen-bond donors (Lipinski definition) is 2. The maximum Gasteiger partial charge on any atom is 0.416 e. The summed E-state index contributed by atoms with van der Waals surface area (Å²) in [6.45, 7) is 1.44.